The van der Waals surface area contributed by atoms with Gasteiger partial charge in [0.25, 0.3) is 0 Å². The first-order valence-electron chi connectivity index (χ1n) is 6.90. The normalized spacial score (nSPS) is 10.2. The molecule has 3 nitrogen and oxygen atoms in total. The van der Waals surface area contributed by atoms with Crippen molar-refractivity contribution in [1.29, 1.82) is 0 Å². The smallest absolute Gasteiger partial charge is 0.228 e. The van der Waals surface area contributed by atoms with E-state index in [1.165, 1.54) is 5.56 Å². The van der Waals surface area contributed by atoms with Gasteiger partial charge in [-0.15, -0.1) is 0 Å². The lowest BCUT2D eigenvalue weighted by Crippen LogP contribution is -2.34. The van der Waals surface area contributed by atoms with Gasteiger partial charge < -0.3 is 10.6 Å². The molecule has 0 aliphatic heterocycles. The van der Waals surface area contributed by atoms with Crippen LogP contribution < -0.4 is 10.6 Å². The summed E-state index contributed by atoms with van der Waals surface area (Å²) in [7, 11) is 0. The Labute approximate surface area is 120 Å². The molecule has 0 saturated carbocycles. The molecule has 20 heavy (non-hydrogen) atoms. The lowest BCUT2D eigenvalue weighted by atomic mass is 10.1. The van der Waals surface area contributed by atoms with Crippen LogP contribution in [-0.2, 0) is 11.2 Å². The summed E-state index contributed by atoms with van der Waals surface area (Å²) in [5.74, 6) is 0.0784. The molecule has 104 valence electrons. The van der Waals surface area contributed by atoms with Crippen molar-refractivity contribution in [2.75, 3.05) is 18.0 Å². The van der Waals surface area contributed by atoms with Gasteiger partial charge in [-0.25, -0.2) is 0 Å². The van der Waals surface area contributed by atoms with Crippen molar-refractivity contribution >= 4 is 11.6 Å². The minimum absolute atomic E-state index is 0.0784. The Balaban J connectivity index is 2.09. The number of nitrogens with zero attached hydrogens (tertiary/aromatic N) is 1. The van der Waals surface area contributed by atoms with Crippen molar-refractivity contribution in [2.24, 2.45) is 5.73 Å². The van der Waals surface area contributed by atoms with E-state index in [0.717, 1.165) is 12.1 Å². The van der Waals surface area contributed by atoms with Crippen molar-refractivity contribution < 1.29 is 4.79 Å². The lowest BCUT2D eigenvalue weighted by molar-refractivity contribution is -0.118. The zero-order valence-electron chi connectivity index (χ0n) is 11.5. The highest BCUT2D eigenvalue weighted by molar-refractivity contribution is 5.93. The molecule has 0 aliphatic rings. The molecule has 0 fully saturated rings. The number of carbonyl (C=O) groups is 1. The van der Waals surface area contributed by atoms with Gasteiger partial charge in [-0.05, 0) is 24.1 Å². The Morgan fingerprint density at radius 2 is 1.55 bits per heavy atom. The molecule has 0 bridgehead atoms. The molecular weight excluding hydrogens is 248 g/mol. The van der Waals surface area contributed by atoms with Crippen LogP contribution in [0.5, 0.6) is 0 Å². The average Bonchev–Trinajstić information content (AvgIpc) is 2.50. The second kappa shape index (κ2) is 7.46. The number of benzene rings is 2. The van der Waals surface area contributed by atoms with E-state index in [0.29, 0.717) is 19.5 Å². The summed E-state index contributed by atoms with van der Waals surface area (Å²) in [6.45, 7) is 1.06. The molecule has 3 heteroatoms. The van der Waals surface area contributed by atoms with Crippen molar-refractivity contribution in [2.45, 2.75) is 12.8 Å². The topological polar surface area (TPSA) is 46.3 Å². The molecule has 0 aromatic heterocycles. The fourth-order valence-corrected chi connectivity index (χ4v) is 2.15. The van der Waals surface area contributed by atoms with Crippen LogP contribution in [0.25, 0.3) is 0 Å². The maximum atomic E-state index is 12.2. The lowest BCUT2D eigenvalue weighted by Gasteiger charge is -2.22. The molecule has 0 saturated heterocycles. The molecule has 0 spiro atoms. The van der Waals surface area contributed by atoms with Gasteiger partial charge in [0.05, 0.1) is 0 Å². The van der Waals surface area contributed by atoms with Crippen LogP contribution in [0.3, 0.4) is 0 Å². The van der Waals surface area contributed by atoms with Crippen LogP contribution in [0.2, 0.25) is 0 Å². The third-order valence-corrected chi connectivity index (χ3v) is 3.19. The highest BCUT2D eigenvalue weighted by atomic mass is 16.2. The SMILES string of the molecule is NCCC(=O)N(CCc1ccccc1)c1ccccc1. The van der Waals surface area contributed by atoms with E-state index in [2.05, 4.69) is 12.1 Å². The first kappa shape index (κ1) is 14.3. The largest absolute Gasteiger partial charge is 0.330 e. The third kappa shape index (κ3) is 3.93. The molecule has 0 unspecified atom stereocenters. The Hall–Kier alpha value is -2.13. The van der Waals surface area contributed by atoms with Gasteiger partial charge in [0.1, 0.15) is 0 Å². The monoisotopic (exact) mass is 268 g/mol. The highest BCUT2D eigenvalue weighted by Gasteiger charge is 2.14. The maximum Gasteiger partial charge on any atom is 0.228 e. The van der Waals surface area contributed by atoms with Crippen molar-refractivity contribution in [1.82, 2.24) is 0 Å². The molecule has 2 rings (SSSR count). The minimum atomic E-state index is 0.0784. The van der Waals surface area contributed by atoms with E-state index < -0.39 is 0 Å². The first-order chi connectivity index (χ1) is 9.81. The van der Waals surface area contributed by atoms with E-state index in [-0.39, 0.29) is 5.91 Å². The van der Waals surface area contributed by atoms with Crippen molar-refractivity contribution in [3.05, 3.63) is 66.2 Å². The van der Waals surface area contributed by atoms with Gasteiger partial charge in [-0.3, -0.25) is 4.79 Å². The molecule has 0 radical (unpaired) electrons. The Morgan fingerprint density at radius 1 is 0.950 bits per heavy atom. The first-order valence-corrected chi connectivity index (χ1v) is 6.90. The molecular formula is C17H20N2O. The average molecular weight is 268 g/mol. The van der Waals surface area contributed by atoms with Gasteiger partial charge in [-0.1, -0.05) is 48.5 Å². The Morgan fingerprint density at radius 3 is 2.15 bits per heavy atom. The fourth-order valence-electron chi connectivity index (χ4n) is 2.15. The number of amides is 1. The molecule has 0 atom stereocenters. The van der Waals surface area contributed by atoms with E-state index in [1.807, 2.05) is 53.4 Å². The van der Waals surface area contributed by atoms with Crippen molar-refractivity contribution in [3.63, 3.8) is 0 Å². The number of carbonyl (C=O) groups excluding carboxylic acids is 1. The number of nitrogens with two attached hydrogens (primary N) is 1. The molecule has 2 aromatic rings. The summed E-state index contributed by atoms with van der Waals surface area (Å²) in [5.41, 5.74) is 7.67. The van der Waals surface area contributed by atoms with Gasteiger partial charge in [0.2, 0.25) is 5.91 Å². The summed E-state index contributed by atoms with van der Waals surface area (Å²) in [4.78, 5) is 14.0. The molecule has 2 N–H and O–H groups in total. The van der Waals surface area contributed by atoms with Crippen LogP contribution in [-0.4, -0.2) is 19.0 Å². The molecule has 0 heterocycles. The Bertz CT molecular complexity index is 525. The second-order valence-electron chi connectivity index (χ2n) is 4.66. The number of anilines is 1. The van der Waals surface area contributed by atoms with Gasteiger partial charge >= 0.3 is 0 Å². The fraction of sp³-hybridized carbons (Fsp3) is 0.235. The number of hydrogen-bond acceptors (Lipinski definition) is 2. The molecule has 2 aromatic carbocycles. The standard InChI is InChI=1S/C17H20N2O/c18-13-11-17(20)19(16-9-5-2-6-10-16)14-12-15-7-3-1-4-8-15/h1-10H,11-14,18H2. The van der Waals surface area contributed by atoms with Gasteiger partial charge in [0, 0.05) is 25.2 Å². The summed E-state index contributed by atoms with van der Waals surface area (Å²) in [6.07, 6.45) is 1.22. The maximum absolute atomic E-state index is 12.2. The van der Waals surface area contributed by atoms with Crippen LogP contribution in [0.4, 0.5) is 5.69 Å². The van der Waals surface area contributed by atoms with Crippen LogP contribution in [0.15, 0.2) is 60.7 Å². The van der Waals surface area contributed by atoms with E-state index in [4.69, 9.17) is 5.73 Å². The summed E-state index contributed by atoms with van der Waals surface area (Å²) in [5, 5.41) is 0. The van der Waals surface area contributed by atoms with E-state index in [9.17, 15) is 4.79 Å². The number of para-hydroxylation sites is 1. The quantitative estimate of drug-likeness (QED) is 0.875. The van der Waals surface area contributed by atoms with E-state index >= 15 is 0 Å². The van der Waals surface area contributed by atoms with Crippen molar-refractivity contribution in [3.8, 4) is 0 Å². The van der Waals surface area contributed by atoms with Crippen LogP contribution in [0, 0.1) is 0 Å². The predicted octanol–water partition coefficient (Wildman–Crippen LogP) is 2.61. The van der Waals surface area contributed by atoms with Gasteiger partial charge in [0.15, 0.2) is 0 Å². The summed E-state index contributed by atoms with van der Waals surface area (Å²) < 4.78 is 0. The third-order valence-electron chi connectivity index (χ3n) is 3.19. The highest BCUT2D eigenvalue weighted by Crippen LogP contribution is 2.15. The molecule has 0 aliphatic carbocycles. The predicted molar refractivity (Wildman–Crippen MR) is 82.6 cm³/mol. The van der Waals surface area contributed by atoms with Crippen LogP contribution in [0.1, 0.15) is 12.0 Å². The minimum Gasteiger partial charge on any atom is -0.330 e. The summed E-state index contributed by atoms with van der Waals surface area (Å²) in [6, 6.07) is 19.9. The second-order valence-corrected chi connectivity index (χ2v) is 4.66. The van der Waals surface area contributed by atoms with Gasteiger partial charge in [-0.2, -0.15) is 0 Å². The van der Waals surface area contributed by atoms with E-state index in [1.54, 1.807) is 0 Å². The summed E-state index contributed by atoms with van der Waals surface area (Å²) >= 11 is 0. The Kier molecular flexibility index (Phi) is 5.33. The number of rotatable bonds is 6. The zero-order valence-corrected chi connectivity index (χ0v) is 11.5. The van der Waals surface area contributed by atoms with Crippen LogP contribution >= 0.6 is 0 Å². The number of hydrogen-bond donors (Lipinski definition) is 1. The zero-order chi connectivity index (χ0) is 14.2. The molecule has 1 amide bonds.